The number of furan rings is 1. The molecule has 0 unspecified atom stereocenters. The molecule has 1 aromatic carbocycles. The molecule has 3 heteroatoms. The van der Waals surface area contributed by atoms with Gasteiger partial charge in [0.25, 0.3) is 0 Å². The summed E-state index contributed by atoms with van der Waals surface area (Å²) in [4.78, 5) is 11.6. The molecule has 0 amide bonds. The second-order valence-corrected chi connectivity index (χ2v) is 4.35. The standard InChI is InChI=1S/C13H11BrO2/c1-8-11(9(2)15)12(16-13(8)14)10-6-4-3-5-7-10/h3-7H,1-2H3. The molecule has 0 aliphatic heterocycles. The largest absolute Gasteiger partial charge is 0.448 e. The van der Waals surface area contributed by atoms with Crippen molar-refractivity contribution in [3.8, 4) is 11.3 Å². The molecule has 0 bridgehead atoms. The molecule has 0 atom stereocenters. The molecule has 82 valence electrons. The van der Waals surface area contributed by atoms with Gasteiger partial charge in [0, 0.05) is 11.1 Å². The highest BCUT2D eigenvalue weighted by Gasteiger charge is 2.19. The van der Waals surface area contributed by atoms with Gasteiger partial charge in [0.1, 0.15) is 5.76 Å². The van der Waals surface area contributed by atoms with E-state index in [1.165, 1.54) is 0 Å². The molecule has 0 fully saturated rings. The van der Waals surface area contributed by atoms with E-state index in [4.69, 9.17) is 4.42 Å². The van der Waals surface area contributed by atoms with Crippen molar-refractivity contribution in [2.75, 3.05) is 0 Å². The van der Waals surface area contributed by atoms with Gasteiger partial charge in [0.05, 0.1) is 5.56 Å². The van der Waals surface area contributed by atoms with E-state index in [1.54, 1.807) is 6.92 Å². The van der Waals surface area contributed by atoms with Gasteiger partial charge in [-0.15, -0.1) is 0 Å². The van der Waals surface area contributed by atoms with Crippen molar-refractivity contribution in [3.63, 3.8) is 0 Å². The lowest BCUT2D eigenvalue weighted by molar-refractivity contribution is 0.101. The quantitative estimate of drug-likeness (QED) is 0.770. The van der Waals surface area contributed by atoms with Crippen LogP contribution in [0.4, 0.5) is 0 Å². The maximum Gasteiger partial charge on any atom is 0.173 e. The zero-order valence-electron chi connectivity index (χ0n) is 9.08. The SMILES string of the molecule is CC(=O)c1c(-c2ccccc2)oc(Br)c1C. The lowest BCUT2D eigenvalue weighted by Crippen LogP contribution is -1.94. The summed E-state index contributed by atoms with van der Waals surface area (Å²) >= 11 is 3.31. The number of hydrogen-bond donors (Lipinski definition) is 0. The van der Waals surface area contributed by atoms with Crippen molar-refractivity contribution in [1.82, 2.24) is 0 Å². The number of halogens is 1. The van der Waals surface area contributed by atoms with Crippen LogP contribution in [0.15, 0.2) is 39.4 Å². The molecule has 16 heavy (non-hydrogen) atoms. The Labute approximate surface area is 102 Å². The van der Waals surface area contributed by atoms with Gasteiger partial charge in [0.2, 0.25) is 0 Å². The van der Waals surface area contributed by atoms with E-state index in [-0.39, 0.29) is 5.78 Å². The third-order valence-corrected chi connectivity index (χ3v) is 3.23. The van der Waals surface area contributed by atoms with Crippen LogP contribution >= 0.6 is 15.9 Å². The molecule has 0 N–H and O–H groups in total. The molecule has 1 aromatic heterocycles. The zero-order chi connectivity index (χ0) is 11.7. The van der Waals surface area contributed by atoms with Crippen LogP contribution in [0.25, 0.3) is 11.3 Å². The van der Waals surface area contributed by atoms with Crippen molar-refractivity contribution in [2.24, 2.45) is 0 Å². The third kappa shape index (κ3) is 1.83. The number of hydrogen-bond acceptors (Lipinski definition) is 2. The van der Waals surface area contributed by atoms with E-state index < -0.39 is 0 Å². The van der Waals surface area contributed by atoms with Crippen LogP contribution in [0.3, 0.4) is 0 Å². The maximum absolute atomic E-state index is 11.6. The van der Waals surface area contributed by atoms with E-state index in [0.717, 1.165) is 11.1 Å². The van der Waals surface area contributed by atoms with E-state index in [9.17, 15) is 4.79 Å². The summed E-state index contributed by atoms with van der Waals surface area (Å²) in [5, 5.41) is 0. The average molecular weight is 279 g/mol. The maximum atomic E-state index is 11.6. The van der Waals surface area contributed by atoms with Gasteiger partial charge >= 0.3 is 0 Å². The minimum Gasteiger partial charge on any atom is -0.448 e. The smallest absolute Gasteiger partial charge is 0.173 e. The predicted molar refractivity (Wildman–Crippen MR) is 66.6 cm³/mol. The van der Waals surface area contributed by atoms with Crippen LogP contribution in [-0.2, 0) is 0 Å². The van der Waals surface area contributed by atoms with Gasteiger partial charge in [-0.2, -0.15) is 0 Å². The molecular formula is C13H11BrO2. The topological polar surface area (TPSA) is 30.2 Å². The Bertz CT molecular complexity index is 526. The van der Waals surface area contributed by atoms with Gasteiger partial charge in [-0.05, 0) is 29.8 Å². The van der Waals surface area contributed by atoms with E-state index in [1.807, 2.05) is 37.3 Å². The second-order valence-electron chi connectivity index (χ2n) is 3.63. The molecule has 0 saturated carbocycles. The molecule has 2 rings (SSSR count). The van der Waals surface area contributed by atoms with Crippen LogP contribution in [0, 0.1) is 6.92 Å². The fraction of sp³-hybridized carbons (Fsp3) is 0.154. The summed E-state index contributed by atoms with van der Waals surface area (Å²) < 4.78 is 6.21. The molecule has 0 aliphatic carbocycles. The molecule has 2 aromatic rings. The third-order valence-electron chi connectivity index (χ3n) is 2.48. The predicted octanol–water partition coefficient (Wildman–Crippen LogP) is 4.22. The van der Waals surface area contributed by atoms with Crippen molar-refractivity contribution < 1.29 is 9.21 Å². The Morgan fingerprint density at radius 3 is 2.44 bits per heavy atom. The van der Waals surface area contributed by atoms with E-state index in [0.29, 0.717) is 16.0 Å². The highest BCUT2D eigenvalue weighted by atomic mass is 79.9. The van der Waals surface area contributed by atoms with Crippen LogP contribution in [0.5, 0.6) is 0 Å². The Hall–Kier alpha value is -1.35. The number of carbonyl (C=O) groups is 1. The minimum atomic E-state index is 0.0193. The Morgan fingerprint density at radius 1 is 1.25 bits per heavy atom. The number of ketones is 1. The highest BCUT2D eigenvalue weighted by molar-refractivity contribution is 9.10. The summed E-state index contributed by atoms with van der Waals surface area (Å²) in [5.74, 6) is 0.656. The lowest BCUT2D eigenvalue weighted by atomic mass is 10.0. The first kappa shape index (κ1) is 11.1. The van der Waals surface area contributed by atoms with Crippen LogP contribution in [-0.4, -0.2) is 5.78 Å². The summed E-state index contributed by atoms with van der Waals surface area (Å²) in [6, 6.07) is 9.63. The molecule has 0 aliphatic rings. The van der Waals surface area contributed by atoms with Gasteiger partial charge in [-0.1, -0.05) is 30.3 Å². The van der Waals surface area contributed by atoms with Crippen LogP contribution in [0.1, 0.15) is 22.8 Å². The lowest BCUT2D eigenvalue weighted by Gasteiger charge is -1.99. The van der Waals surface area contributed by atoms with Gasteiger partial charge < -0.3 is 4.42 Å². The fourth-order valence-electron chi connectivity index (χ4n) is 1.70. The van der Waals surface area contributed by atoms with Gasteiger partial charge in [-0.25, -0.2) is 0 Å². The van der Waals surface area contributed by atoms with Crippen molar-refractivity contribution in [1.29, 1.82) is 0 Å². The molecule has 0 saturated heterocycles. The molecule has 2 nitrogen and oxygen atoms in total. The van der Waals surface area contributed by atoms with Gasteiger partial charge in [0.15, 0.2) is 10.5 Å². The highest BCUT2D eigenvalue weighted by Crippen LogP contribution is 2.34. The first-order valence-corrected chi connectivity index (χ1v) is 5.76. The number of Topliss-reactive ketones (excluding diaryl/α,β-unsaturated/α-hetero) is 1. The second kappa shape index (κ2) is 4.26. The van der Waals surface area contributed by atoms with Crippen molar-refractivity contribution in [2.45, 2.75) is 13.8 Å². The van der Waals surface area contributed by atoms with Crippen molar-refractivity contribution >= 4 is 21.7 Å². The van der Waals surface area contributed by atoms with Crippen molar-refractivity contribution in [3.05, 3.63) is 46.1 Å². The van der Waals surface area contributed by atoms with E-state index in [2.05, 4.69) is 15.9 Å². The molecular weight excluding hydrogens is 268 g/mol. The summed E-state index contributed by atoms with van der Waals surface area (Å²) in [7, 11) is 0. The molecule has 0 radical (unpaired) electrons. The van der Waals surface area contributed by atoms with Crippen LogP contribution < -0.4 is 0 Å². The summed E-state index contributed by atoms with van der Waals surface area (Å²) in [5.41, 5.74) is 2.42. The molecule has 1 heterocycles. The first-order valence-electron chi connectivity index (χ1n) is 4.96. The molecule has 0 spiro atoms. The Morgan fingerprint density at radius 2 is 1.88 bits per heavy atom. The van der Waals surface area contributed by atoms with E-state index >= 15 is 0 Å². The number of rotatable bonds is 2. The minimum absolute atomic E-state index is 0.0193. The van der Waals surface area contributed by atoms with Gasteiger partial charge in [-0.3, -0.25) is 4.79 Å². The first-order chi connectivity index (χ1) is 7.61. The number of carbonyl (C=O) groups excluding carboxylic acids is 1. The summed E-state index contributed by atoms with van der Waals surface area (Å²) in [6.07, 6.45) is 0. The monoisotopic (exact) mass is 278 g/mol. The van der Waals surface area contributed by atoms with Crippen LogP contribution in [0.2, 0.25) is 0 Å². The summed E-state index contributed by atoms with van der Waals surface area (Å²) in [6.45, 7) is 3.42. The fourth-order valence-corrected chi connectivity index (χ4v) is 2.06. The number of benzene rings is 1. The zero-order valence-corrected chi connectivity index (χ0v) is 10.7. The average Bonchev–Trinajstić information content (AvgIpc) is 2.57. The Balaban J connectivity index is 2.66. The normalized spacial score (nSPS) is 10.4. The Kier molecular flexibility index (Phi) is 2.97.